The average Bonchev–Trinajstić information content (AvgIpc) is 3.63. The van der Waals surface area contributed by atoms with Gasteiger partial charge in [0.15, 0.2) is 11.5 Å². The number of hydrogen-bond acceptors (Lipinski definition) is 7. The first-order valence-corrected chi connectivity index (χ1v) is 13.9. The third-order valence-electron chi connectivity index (χ3n) is 7.32. The molecule has 0 N–H and O–H groups in total. The van der Waals surface area contributed by atoms with Gasteiger partial charge in [-0.1, -0.05) is 25.1 Å². The Labute approximate surface area is 235 Å². The number of fused-ring (bicyclic) bond motifs is 1. The van der Waals surface area contributed by atoms with Crippen molar-refractivity contribution in [1.29, 1.82) is 0 Å². The maximum absolute atomic E-state index is 13.9. The van der Waals surface area contributed by atoms with Crippen molar-refractivity contribution in [2.75, 3.05) is 52.7 Å². The third-order valence-corrected chi connectivity index (χ3v) is 7.32. The second-order valence-electron chi connectivity index (χ2n) is 10.2. The largest absolute Gasteiger partial charge is 0.464 e. The van der Waals surface area contributed by atoms with Crippen molar-refractivity contribution in [1.82, 2.24) is 14.7 Å². The van der Waals surface area contributed by atoms with Crippen molar-refractivity contribution in [2.24, 2.45) is 0 Å². The molecule has 0 spiro atoms. The Bertz CT molecular complexity index is 1300. The highest BCUT2D eigenvalue weighted by Crippen LogP contribution is 2.33. The first-order chi connectivity index (χ1) is 19.5. The molecule has 2 aliphatic heterocycles. The summed E-state index contributed by atoms with van der Waals surface area (Å²) in [4.78, 5) is 33.2. The summed E-state index contributed by atoms with van der Waals surface area (Å²) in [6.07, 6.45) is 0.898. The molecule has 9 nitrogen and oxygen atoms in total. The molecule has 3 heterocycles. The van der Waals surface area contributed by atoms with Gasteiger partial charge in [-0.25, -0.2) is 0 Å². The topological polar surface area (TPSA) is 84.7 Å². The van der Waals surface area contributed by atoms with Crippen LogP contribution in [0.2, 0.25) is 0 Å². The van der Waals surface area contributed by atoms with Gasteiger partial charge in [0.25, 0.3) is 5.91 Å². The fraction of sp³-hybridized carbons (Fsp3) is 0.419. The zero-order valence-electron chi connectivity index (χ0n) is 23.3. The minimum atomic E-state index is -0.160. The van der Waals surface area contributed by atoms with Gasteiger partial charge >= 0.3 is 0 Å². The van der Waals surface area contributed by atoms with Gasteiger partial charge in [-0.2, -0.15) is 0 Å². The summed E-state index contributed by atoms with van der Waals surface area (Å²) in [5, 5.41) is 0. The maximum atomic E-state index is 13.9. The minimum Gasteiger partial charge on any atom is -0.464 e. The molecule has 0 radical (unpaired) electrons. The summed E-state index contributed by atoms with van der Waals surface area (Å²) in [5.74, 6) is 2.51. The average molecular weight is 548 g/mol. The zero-order valence-corrected chi connectivity index (χ0v) is 23.3. The Hall–Kier alpha value is -3.82. The van der Waals surface area contributed by atoms with E-state index in [-0.39, 0.29) is 31.7 Å². The Balaban J connectivity index is 1.35. The Morgan fingerprint density at radius 2 is 1.62 bits per heavy atom. The summed E-state index contributed by atoms with van der Waals surface area (Å²) >= 11 is 0. The van der Waals surface area contributed by atoms with Crippen LogP contribution in [0.15, 0.2) is 59.0 Å². The van der Waals surface area contributed by atoms with Crippen LogP contribution in [0.3, 0.4) is 0 Å². The fourth-order valence-electron chi connectivity index (χ4n) is 4.92. The van der Waals surface area contributed by atoms with Gasteiger partial charge in [-0.3, -0.25) is 14.5 Å². The number of benzene rings is 2. The summed E-state index contributed by atoms with van der Waals surface area (Å²) in [6, 6.07) is 17.1. The molecule has 0 atom stereocenters. The SMILES string of the molecule is CCc1ccc(C(=O)N(CCN2CCOCC2)CC(=O)N(Cc2ccc3c(c2)OCO3)Cc2ccc(C)o2)cc1. The molecule has 2 aromatic carbocycles. The molecule has 0 unspecified atom stereocenters. The zero-order chi connectivity index (χ0) is 27.9. The molecule has 1 saturated heterocycles. The van der Waals surface area contributed by atoms with Gasteiger partial charge in [-0.05, 0) is 60.9 Å². The Kier molecular flexibility index (Phi) is 9.03. The van der Waals surface area contributed by atoms with Crippen LogP contribution in [-0.4, -0.2) is 79.2 Å². The molecule has 40 heavy (non-hydrogen) atoms. The monoisotopic (exact) mass is 547 g/mol. The smallest absolute Gasteiger partial charge is 0.254 e. The molecule has 9 heteroatoms. The van der Waals surface area contributed by atoms with Crippen LogP contribution in [0.25, 0.3) is 0 Å². The van der Waals surface area contributed by atoms with Crippen LogP contribution in [0, 0.1) is 6.92 Å². The number of carbonyl (C=O) groups excluding carboxylic acids is 2. The van der Waals surface area contributed by atoms with E-state index in [2.05, 4.69) is 11.8 Å². The highest BCUT2D eigenvalue weighted by molar-refractivity contribution is 5.96. The van der Waals surface area contributed by atoms with Crippen molar-refractivity contribution in [3.05, 3.63) is 82.8 Å². The van der Waals surface area contributed by atoms with Crippen LogP contribution in [0.1, 0.15) is 39.9 Å². The van der Waals surface area contributed by atoms with Gasteiger partial charge < -0.3 is 28.4 Å². The lowest BCUT2D eigenvalue weighted by atomic mass is 10.1. The molecule has 212 valence electrons. The molecule has 2 aliphatic rings. The molecule has 0 bridgehead atoms. The van der Waals surface area contributed by atoms with E-state index in [0.717, 1.165) is 36.4 Å². The van der Waals surface area contributed by atoms with Crippen LogP contribution >= 0.6 is 0 Å². The van der Waals surface area contributed by atoms with Gasteiger partial charge in [0.1, 0.15) is 18.1 Å². The summed E-state index contributed by atoms with van der Waals surface area (Å²) in [5.41, 5.74) is 2.65. The molecule has 1 aromatic heterocycles. The van der Waals surface area contributed by atoms with Crippen molar-refractivity contribution in [3.63, 3.8) is 0 Å². The normalized spacial score (nSPS) is 14.8. The molecular weight excluding hydrogens is 510 g/mol. The van der Waals surface area contributed by atoms with Gasteiger partial charge in [0.2, 0.25) is 12.7 Å². The molecule has 1 fully saturated rings. The number of aryl methyl sites for hydroxylation is 2. The highest BCUT2D eigenvalue weighted by Gasteiger charge is 2.25. The number of carbonyl (C=O) groups is 2. The van der Waals surface area contributed by atoms with E-state index < -0.39 is 0 Å². The van der Waals surface area contributed by atoms with Crippen molar-refractivity contribution in [3.8, 4) is 11.5 Å². The molecular formula is C31H37N3O6. The third kappa shape index (κ3) is 7.03. The van der Waals surface area contributed by atoms with E-state index in [0.29, 0.717) is 55.7 Å². The lowest BCUT2D eigenvalue weighted by Crippen LogP contribution is -2.47. The molecule has 2 amide bonds. The van der Waals surface area contributed by atoms with E-state index in [9.17, 15) is 9.59 Å². The number of ether oxygens (including phenoxy) is 3. The highest BCUT2D eigenvalue weighted by atomic mass is 16.7. The number of furan rings is 1. The molecule has 0 aliphatic carbocycles. The summed E-state index contributed by atoms with van der Waals surface area (Å²) in [7, 11) is 0. The van der Waals surface area contributed by atoms with E-state index in [4.69, 9.17) is 18.6 Å². The predicted octanol–water partition coefficient (Wildman–Crippen LogP) is 3.88. The van der Waals surface area contributed by atoms with Crippen LogP contribution in [0.5, 0.6) is 11.5 Å². The van der Waals surface area contributed by atoms with Crippen LogP contribution in [0.4, 0.5) is 0 Å². The maximum Gasteiger partial charge on any atom is 0.254 e. The van der Waals surface area contributed by atoms with Crippen LogP contribution in [-0.2, 0) is 29.0 Å². The first kappa shape index (κ1) is 27.7. The first-order valence-electron chi connectivity index (χ1n) is 13.9. The van der Waals surface area contributed by atoms with E-state index in [1.165, 1.54) is 0 Å². The quantitative estimate of drug-likeness (QED) is 0.360. The predicted molar refractivity (Wildman–Crippen MR) is 149 cm³/mol. The lowest BCUT2D eigenvalue weighted by Gasteiger charge is -2.31. The molecule has 0 saturated carbocycles. The standard InChI is InChI=1S/C31H37N3O6/c1-3-24-5-8-26(9-6-24)31(36)33(13-12-32-14-16-37-17-15-32)21-30(35)34(20-27-10-4-23(2)40-27)19-25-7-11-28-29(18-25)39-22-38-28/h4-11,18H,3,12-17,19-22H2,1-2H3. The lowest BCUT2D eigenvalue weighted by molar-refractivity contribution is -0.133. The second-order valence-corrected chi connectivity index (χ2v) is 10.2. The molecule has 5 rings (SSSR count). The second kappa shape index (κ2) is 13.0. The van der Waals surface area contributed by atoms with Crippen molar-refractivity contribution >= 4 is 11.8 Å². The van der Waals surface area contributed by atoms with E-state index >= 15 is 0 Å². The van der Waals surface area contributed by atoms with Gasteiger partial charge in [-0.15, -0.1) is 0 Å². The number of rotatable bonds is 11. The minimum absolute atomic E-state index is 0.0387. The van der Waals surface area contributed by atoms with Crippen molar-refractivity contribution < 1.29 is 28.2 Å². The number of hydrogen-bond donors (Lipinski definition) is 0. The summed E-state index contributed by atoms with van der Waals surface area (Å²) < 4.78 is 22.3. The number of morpholine rings is 1. The van der Waals surface area contributed by atoms with Crippen molar-refractivity contribution in [2.45, 2.75) is 33.4 Å². The van der Waals surface area contributed by atoms with Crippen LogP contribution < -0.4 is 9.47 Å². The van der Waals surface area contributed by atoms with E-state index in [1.807, 2.05) is 61.5 Å². The Morgan fingerprint density at radius 1 is 0.875 bits per heavy atom. The fourth-order valence-corrected chi connectivity index (χ4v) is 4.92. The van der Waals surface area contributed by atoms with E-state index in [1.54, 1.807) is 9.80 Å². The van der Waals surface area contributed by atoms with Gasteiger partial charge in [0.05, 0.1) is 19.8 Å². The molecule has 3 aromatic rings. The Morgan fingerprint density at radius 3 is 2.35 bits per heavy atom. The number of nitrogens with zero attached hydrogens (tertiary/aromatic N) is 3. The van der Waals surface area contributed by atoms with Gasteiger partial charge in [0, 0.05) is 38.3 Å². The summed E-state index contributed by atoms with van der Waals surface area (Å²) in [6.45, 7) is 8.84. The number of amides is 2.